The minimum atomic E-state index is -0.618. The Kier molecular flexibility index (Phi) is 5.10. The van der Waals surface area contributed by atoms with Gasteiger partial charge in [0.05, 0.1) is 12.5 Å². The van der Waals surface area contributed by atoms with Crippen molar-refractivity contribution in [3.05, 3.63) is 0 Å². The van der Waals surface area contributed by atoms with Gasteiger partial charge in [0.1, 0.15) is 12.9 Å². The molecule has 1 atom stereocenters. The van der Waals surface area contributed by atoms with Gasteiger partial charge in [-0.15, -0.1) is 0 Å². The number of hydrogen-bond donors (Lipinski definition) is 2. The maximum atomic E-state index is 10.4. The van der Waals surface area contributed by atoms with Crippen molar-refractivity contribution >= 4 is 12.4 Å². The zero-order chi connectivity index (χ0) is 8.69. The first-order chi connectivity index (χ1) is 5.24. The molecular weight excluding hydrogens is 150 g/mol. The van der Waals surface area contributed by atoms with E-state index in [2.05, 4.69) is 10.1 Å². The average Bonchev–Trinajstić information content (AvgIpc) is 2.06. The fraction of sp³-hybridized carbons (Fsp3) is 0.667. The number of carbonyl (C=O) groups is 2. The number of rotatable bonds is 4. The summed E-state index contributed by atoms with van der Waals surface area (Å²) in [7, 11) is 1.41. The number of aldehydes is 1. The molecule has 0 heterocycles. The fourth-order valence-corrected chi connectivity index (χ4v) is 0.390. The van der Waals surface area contributed by atoms with Crippen LogP contribution < -0.4 is 5.32 Å². The third kappa shape index (κ3) is 4.32. The molecule has 0 bridgehead atoms. The van der Waals surface area contributed by atoms with Gasteiger partial charge in [-0.2, -0.15) is 0 Å². The number of alkyl carbamates (subject to hydrolysis) is 1. The van der Waals surface area contributed by atoms with Gasteiger partial charge in [-0.25, -0.2) is 4.79 Å². The lowest BCUT2D eigenvalue weighted by atomic mass is 10.2. The van der Waals surface area contributed by atoms with Crippen molar-refractivity contribution in [3.63, 3.8) is 0 Å². The molecule has 5 nitrogen and oxygen atoms in total. The Morgan fingerprint density at radius 1 is 1.82 bits per heavy atom. The van der Waals surface area contributed by atoms with Gasteiger partial charge in [0.25, 0.3) is 0 Å². The first-order valence-corrected chi connectivity index (χ1v) is 3.15. The van der Waals surface area contributed by atoms with Crippen LogP contribution in [0.5, 0.6) is 0 Å². The zero-order valence-electron chi connectivity index (χ0n) is 6.24. The molecule has 0 fully saturated rings. The van der Waals surface area contributed by atoms with E-state index in [4.69, 9.17) is 5.11 Å². The number of nitrogens with one attached hydrogen (secondary N) is 1. The van der Waals surface area contributed by atoms with E-state index in [-0.39, 0.29) is 13.2 Å². The van der Waals surface area contributed by atoms with Gasteiger partial charge in [0, 0.05) is 7.05 Å². The molecular formula is C6H11NO4. The van der Waals surface area contributed by atoms with Crippen LogP contribution in [0.2, 0.25) is 0 Å². The highest BCUT2D eigenvalue weighted by atomic mass is 16.5. The maximum absolute atomic E-state index is 10.4. The molecule has 11 heavy (non-hydrogen) atoms. The van der Waals surface area contributed by atoms with E-state index >= 15 is 0 Å². The monoisotopic (exact) mass is 161 g/mol. The number of ether oxygens (including phenoxy) is 1. The van der Waals surface area contributed by atoms with E-state index in [0.717, 1.165) is 0 Å². The normalized spacial score (nSPS) is 11.8. The molecule has 0 spiro atoms. The molecule has 0 aliphatic heterocycles. The van der Waals surface area contributed by atoms with Gasteiger partial charge in [0.2, 0.25) is 0 Å². The average molecular weight is 161 g/mol. The summed E-state index contributed by atoms with van der Waals surface area (Å²) in [5, 5.41) is 10.7. The van der Waals surface area contributed by atoms with Crippen molar-refractivity contribution in [1.29, 1.82) is 0 Å². The second-order valence-corrected chi connectivity index (χ2v) is 1.93. The number of hydrogen-bond acceptors (Lipinski definition) is 4. The Morgan fingerprint density at radius 3 is 2.82 bits per heavy atom. The molecule has 0 aromatic rings. The summed E-state index contributed by atoms with van der Waals surface area (Å²) in [6, 6.07) is 0. The standard InChI is InChI=1S/C6H11NO4/c1-7-6(10)11-4-5(2-8)3-9/h2,5,9H,3-4H2,1H3,(H,7,10). The number of aliphatic hydroxyl groups excluding tert-OH is 1. The predicted octanol–water partition coefficient (Wildman–Crippen LogP) is -0.850. The van der Waals surface area contributed by atoms with E-state index in [9.17, 15) is 9.59 Å². The van der Waals surface area contributed by atoms with E-state index in [1.165, 1.54) is 7.05 Å². The van der Waals surface area contributed by atoms with Crippen LogP contribution in [-0.4, -0.2) is 37.7 Å². The zero-order valence-corrected chi connectivity index (χ0v) is 6.24. The molecule has 0 aliphatic rings. The Balaban J connectivity index is 3.50. The molecule has 0 aromatic heterocycles. The van der Waals surface area contributed by atoms with Gasteiger partial charge >= 0.3 is 6.09 Å². The van der Waals surface area contributed by atoms with E-state index in [1.54, 1.807) is 0 Å². The van der Waals surface area contributed by atoms with Crippen molar-refractivity contribution in [3.8, 4) is 0 Å². The van der Waals surface area contributed by atoms with Crippen molar-refractivity contribution in [1.82, 2.24) is 5.32 Å². The summed E-state index contributed by atoms with van der Waals surface area (Å²) in [4.78, 5) is 20.5. The van der Waals surface area contributed by atoms with Crippen LogP contribution in [-0.2, 0) is 9.53 Å². The highest BCUT2D eigenvalue weighted by molar-refractivity contribution is 5.67. The van der Waals surface area contributed by atoms with Gasteiger partial charge in [-0.1, -0.05) is 0 Å². The van der Waals surface area contributed by atoms with Crippen molar-refractivity contribution < 1.29 is 19.4 Å². The van der Waals surface area contributed by atoms with Crippen molar-refractivity contribution in [2.24, 2.45) is 5.92 Å². The molecule has 0 aromatic carbocycles. The molecule has 0 saturated heterocycles. The van der Waals surface area contributed by atoms with E-state index in [0.29, 0.717) is 6.29 Å². The summed E-state index contributed by atoms with van der Waals surface area (Å²) in [5.41, 5.74) is 0. The third-order valence-corrected chi connectivity index (χ3v) is 1.06. The molecule has 0 radical (unpaired) electrons. The molecule has 1 unspecified atom stereocenters. The number of carbonyl (C=O) groups excluding carboxylic acids is 2. The van der Waals surface area contributed by atoms with E-state index in [1.807, 2.05) is 0 Å². The van der Waals surface area contributed by atoms with Crippen LogP contribution >= 0.6 is 0 Å². The second-order valence-electron chi connectivity index (χ2n) is 1.93. The SMILES string of the molecule is CNC(=O)OCC(C=O)CO. The Hall–Kier alpha value is -1.10. The van der Waals surface area contributed by atoms with Gasteiger partial charge < -0.3 is 20.0 Å². The first-order valence-electron chi connectivity index (χ1n) is 3.15. The smallest absolute Gasteiger partial charge is 0.406 e. The fourth-order valence-electron chi connectivity index (χ4n) is 0.390. The Morgan fingerprint density at radius 2 is 2.45 bits per heavy atom. The van der Waals surface area contributed by atoms with Crippen LogP contribution in [0.4, 0.5) is 4.79 Å². The highest BCUT2D eigenvalue weighted by Crippen LogP contribution is 1.90. The Labute approximate surface area is 64.3 Å². The quantitative estimate of drug-likeness (QED) is 0.526. The van der Waals surface area contributed by atoms with Crippen LogP contribution in [0.1, 0.15) is 0 Å². The molecule has 5 heteroatoms. The summed E-state index contributed by atoms with van der Waals surface area (Å²) in [5.74, 6) is -0.618. The predicted molar refractivity (Wildman–Crippen MR) is 37.0 cm³/mol. The van der Waals surface area contributed by atoms with E-state index < -0.39 is 12.0 Å². The summed E-state index contributed by atoms with van der Waals surface area (Å²) in [6.45, 7) is -0.389. The summed E-state index contributed by atoms with van der Waals surface area (Å²) >= 11 is 0. The summed E-state index contributed by atoms with van der Waals surface area (Å²) < 4.78 is 4.49. The second kappa shape index (κ2) is 5.67. The molecule has 0 rings (SSSR count). The van der Waals surface area contributed by atoms with Crippen LogP contribution in [0.15, 0.2) is 0 Å². The van der Waals surface area contributed by atoms with Crippen LogP contribution in [0, 0.1) is 5.92 Å². The van der Waals surface area contributed by atoms with Gasteiger partial charge in [0.15, 0.2) is 0 Å². The summed E-state index contributed by atoms with van der Waals surface area (Å²) in [6.07, 6.45) is -0.0616. The molecule has 64 valence electrons. The highest BCUT2D eigenvalue weighted by Gasteiger charge is 2.07. The lowest BCUT2D eigenvalue weighted by Gasteiger charge is -2.06. The minimum absolute atomic E-state index is 0.0837. The third-order valence-electron chi connectivity index (χ3n) is 1.06. The number of aliphatic hydroxyl groups is 1. The minimum Gasteiger partial charge on any atom is -0.449 e. The van der Waals surface area contributed by atoms with Crippen molar-refractivity contribution in [2.45, 2.75) is 0 Å². The molecule has 0 aliphatic carbocycles. The molecule has 0 saturated carbocycles. The van der Waals surface area contributed by atoms with Crippen molar-refractivity contribution in [2.75, 3.05) is 20.3 Å². The van der Waals surface area contributed by atoms with Gasteiger partial charge in [-0.3, -0.25) is 0 Å². The van der Waals surface area contributed by atoms with Crippen LogP contribution in [0.3, 0.4) is 0 Å². The largest absolute Gasteiger partial charge is 0.449 e. The topological polar surface area (TPSA) is 75.6 Å². The van der Waals surface area contributed by atoms with Gasteiger partial charge in [-0.05, 0) is 0 Å². The lowest BCUT2D eigenvalue weighted by molar-refractivity contribution is -0.113. The Bertz CT molecular complexity index is 137. The maximum Gasteiger partial charge on any atom is 0.406 e. The lowest BCUT2D eigenvalue weighted by Crippen LogP contribution is -2.24. The molecule has 1 amide bonds. The number of amides is 1. The molecule has 2 N–H and O–H groups in total. The van der Waals surface area contributed by atoms with Crippen LogP contribution in [0.25, 0.3) is 0 Å². The first kappa shape index (κ1) is 9.90.